The summed E-state index contributed by atoms with van der Waals surface area (Å²) in [5.41, 5.74) is 28.6. The quantitative estimate of drug-likeness (QED) is 0.0629. The SMILES string of the molecule is Cc1ccc(-c2c3nc(c(-c4ccccc4)c4ccc([n-]4)c(-c4ccc(C)cc4)c4nc(c(-c5ccccc5)c5ccc2[n-]5)C=C4)C=C3)cc1.Cc1ccc(C(=O)c2ccc(C(c3ccccc3)c3ccc(C(=O)c4ccc(C)cc4)[nH]3)[nH]2)cc1.[Pd+2].c1ccc(C(c2ccc[nH]2)c2ccc[nH]2)cc1. The summed E-state index contributed by atoms with van der Waals surface area (Å²) in [6, 6.07) is 98.1. The van der Waals surface area contributed by atoms with Crippen LogP contribution in [0.1, 0.15) is 123 Å². The van der Waals surface area contributed by atoms with Crippen molar-refractivity contribution in [2.24, 2.45) is 0 Å². The summed E-state index contributed by atoms with van der Waals surface area (Å²) in [4.78, 5) is 60.8. The maximum Gasteiger partial charge on any atom is 2.00 e. The Kier molecular flexibility index (Phi) is 20.1. The van der Waals surface area contributed by atoms with Gasteiger partial charge in [0.1, 0.15) is 0 Å². The standard InChI is InChI=1S/C46H32N4.C31H26N2O2.C15H14N2.Pd/c1-29-13-17-33(18-14-29)45-39-25-21-35(47-39)43(31-9-5-3-6-10-31)37-23-27-41(49-37)46(34-19-15-30(2)16-20-34)42-28-24-38(50-42)44(32-11-7-4-8-12-32)36-22-26-40(45)48-36;1-20-8-12-23(13-9-20)30(34)27-18-16-25(32-27)29(22-6-4-3-5-7-22)26-17-19-28(33-26)31(35)24-14-10-21(2)11-15-24;1-2-6-12(7-3-1)15(13-8-4-10-16-13)14-9-5-11-17-14;/h3-28H,1-2H3;3-19,29,32-33H,1-2H3;1-11,15-17H;/q-2;;;+2. The van der Waals surface area contributed by atoms with Crippen LogP contribution in [0.5, 0.6) is 0 Å². The minimum Gasteiger partial charge on any atom is -0.657 e. The number of hydrogen-bond acceptors (Lipinski definition) is 4. The molecule has 502 valence electrons. The predicted molar refractivity (Wildman–Crippen MR) is 415 cm³/mol. The van der Waals surface area contributed by atoms with Crippen LogP contribution in [0.2, 0.25) is 0 Å². The zero-order chi connectivity index (χ0) is 69.5. The summed E-state index contributed by atoms with van der Waals surface area (Å²) in [5.74, 6) is -0.0360. The summed E-state index contributed by atoms with van der Waals surface area (Å²) in [7, 11) is 0. The van der Waals surface area contributed by atoms with Crippen molar-refractivity contribution < 1.29 is 30.0 Å². The Bertz CT molecular complexity index is 5360. The van der Waals surface area contributed by atoms with Crippen molar-refractivity contribution in [3.8, 4) is 44.5 Å². The van der Waals surface area contributed by atoms with E-state index in [1.54, 1.807) is 0 Å². The number of benzene rings is 8. The molecule has 15 aromatic rings. The second-order valence-electron chi connectivity index (χ2n) is 25.8. The maximum atomic E-state index is 13.1. The van der Waals surface area contributed by atoms with Crippen molar-refractivity contribution >= 4 is 57.9 Å². The molecule has 10 nitrogen and oxygen atoms in total. The van der Waals surface area contributed by atoms with E-state index in [9.17, 15) is 9.59 Å². The topological polar surface area (TPSA) is 151 Å². The molecule has 0 saturated carbocycles. The third-order valence-electron chi connectivity index (χ3n) is 18.7. The molecule has 0 atom stereocenters. The molecule has 0 fully saturated rings. The van der Waals surface area contributed by atoms with Gasteiger partial charge in [-0.3, -0.25) is 9.59 Å². The number of fused-ring (bicyclic) bond motifs is 8. The number of ketones is 2. The Morgan fingerprint density at radius 1 is 0.301 bits per heavy atom. The second kappa shape index (κ2) is 30.5. The van der Waals surface area contributed by atoms with Crippen LogP contribution in [0.15, 0.2) is 304 Å². The Labute approximate surface area is 612 Å². The normalized spacial score (nSPS) is 11.4. The summed E-state index contributed by atoms with van der Waals surface area (Å²) in [6.07, 6.45) is 12.4. The van der Waals surface area contributed by atoms with Gasteiger partial charge in [-0.25, -0.2) is 9.97 Å². The predicted octanol–water partition coefficient (Wildman–Crippen LogP) is 21.3. The van der Waals surface area contributed by atoms with E-state index >= 15 is 0 Å². The van der Waals surface area contributed by atoms with Crippen molar-refractivity contribution in [2.75, 3.05) is 0 Å². The van der Waals surface area contributed by atoms with Crippen LogP contribution >= 0.6 is 0 Å². The number of rotatable bonds is 14. The molecule has 8 bridgehead atoms. The van der Waals surface area contributed by atoms with Crippen LogP contribution in [0.4, 0.5) is 0 Å². The van der Waals surface area contributed by atoms with Crippen LogP contribution < -0.4 is 9.97 Å². The van der Waals surface area contributed by atoms with E-state index < -0.39 is 0 Å². The van der Waals surface area contributed by atoms with Crippen LogP contribution in [0.3, 0.4) is 0 Å². The van der Waals surface area contributed by atoms with Gasteiger partial charge in [0.25, 0.3) is 0 Å². The first kappa shape index (κ1) is 67.7. The maximum absolute atomic E-state index is 13.1. The average Bonchev–Trinajstić information content (AvgIpc) is 1.63. The number of aromatic nitrogens is 8. The molecule has 0 aliphatic carbocycles. The Hall–Kier alpha value is -12.5. The van der Waals surface area contributed by atoms with Gasteiger partial charge in [-0.1, -0.05) is 265 Å². The fourth-order valence-corrected chi connectivity index (χ4v) is 13.5. The number of aromatic amines is 4. The Morgan fingerprint density at radius 3 is 0.903 bits per heavy atom. The summed E-state index contributed by atoms with van der Waals surface area (Å²) >= 11 is 0. The first-order valence-electron chi connectivity index (χ1n) is 34.3. The first-order chi connectivity index (χ1) is 50.0. The van der Waals surface area contributed by atoms with Gasteiger partial charge in [-0.05, 0) is 156 Å². The number of hydrogen-bond donors (Lipinski definition) is 4. The van der Waals surface area contributed by atoms with Gasteiger partial charge in [0.05, 0.1) is 46.0 Å². The van der Waals surface area contributed by atoms with Crippen molar-refractivity contribution in [1.82, 2.24) is 39.9 Å². The van der Waals surface area contributed by atoms with Gasteiger partial charge in [-0.15, -0.1) is 22.1 Å². The number of H-pyrrole nitrogens is 4. The number of aryl methyl sites for hydroxylation is 4. The van der Waals surface area contributed by atoms with Gasteiger partial charge < -0.3 is 29.9 Å². The Balaban J connectivity index is 0.000000146. The average molecular weight is 1430 g/mol. The van der Waals surface area contributed by atoms with E-state index in [-0.39, 0.29) is 43.8 Å². The van der Waals surface area contributed by atoms with Gasteiger partial charge in [0.15, 0.2) is 0 Å². The monoisotopic (exact) mass is 1430 g/mol. The van der Waals surface area contributed by atoms with Crippen molar-refractivity contribution in [1.29, 1.82) is 0 Å². The first-order valence-corrected chi connectivity index (χ1v) is 34.3. The molecular weight excluding hydrogens is 1360 g/mol. The summed E-state index contributed by atoms with van der Waals surface area (Å²) in [5, 5.41) is 0. The molecule has 8 aromatic carbocycles. The molecule has 7 aromatic heterocycles. The zero-order valence-corrected chi connectivity index (χ0v) is 58.8. The van der Waals surface area contributed by atoms with Crippen molar-refractivity contribution in [3.63, 3.8) is 0 Å². The van der Waals surface area contributed by atoms with Crippen molar-refractivity contribution in [2.45, 2.75) is 39.5 Å². The van der Waals surface area contributed by atoms with E-state index in [2.05, 4.69) is 228 Å². The van der Waals surface area contributed by atoms with Crippen LogP contribution in [-0.2, 0) is 20.4 Å². The van der Waals surface area contributed by atoms with E-state index in [4.69, 9.17) is 19.9 Å². The molecule has 9 heterocycles. The molecule has 0 radical (unpaired) electrons. The smallest absolute Gasteiger partial charge is 0.657 e. The largest absolute Gasteiger partial charge is 2.00 e. The van der Waals surface area contributed by atoms with Crippen molar-refractivity contribution in [3.05, 3.63) is 405 Å². The van der Waals surface area contributed by atoms with Gasteiger partial charge in [-0.2, -0.15) is 0 Å². The van der Waals surface area contributed by atoms with E-state index in [0.717, 1.165) is 117 Å². The number of carbonyl (C=O) groups is 2. The van der Waals surface area contributed by atoms with E-state index in [1.807, 2.05) is 148 Å². The van der Waals surface area contributed by atoms with Gasteiger partial charge in [0.2, 0.25) is 11.6 Å². The third-order valence-corrected chi connectivity index (χ3v) is 18.7. The molecule has 0 spiro atoms. The molecule has 0 unspecified atom stereocenters. The molecule has 2 aliphatic heterocycles. The molecule has 2 aliphatic rings. The molecule has 103 heavy (non-hydrogen) atoms. The number of nitrogens with one attached hydrogen (secondary N) is 4. The molecule has 4 N–H and O–H groups in total. The molecular formula is C92H72N8O2Pd. The Morgan fingerprint density at radius 2 is 0.592 bits per heavy atom. The minimum absolute atomic E-state index is 0. The van der Waals surface area contributed by atoms with Crippen LogP contribution in [0, 0.1) is 27.7 Å². The summed E-state index contributed by atoms with van der Waals surface area (Å²) < 4.78 is 0. The summed E-state index contributed by atoms with van der Waals surface area (Å²) in [6.45, 7) is 8.22. The zero-order valence-electron chi connectivity index (χ0n) is 57.3. The second-order valence-corrected chi connectivity index (χ2v) is 25.8. The number of carbonyl (C=O) groups excluding carboxylic acids is 2. The molecule has 17 rings (SSSR count). The molecule has 11 heteroatoms. The number of nitrogens with zero attached hydrogens (tertiary/aromatic N) is 4. The molecule has 0 saturated heterocycles. The van der Waals surface area contributed by atoms with E-state index in [1.165, 1.54) is 28.1 Å². The van der Waals surface area contributed by atoms with Gasteiger partial charge in [0, 0.05) is 46.3 Å². The molecule has 0 amide bonds. The fraction of sp³-hybridized carbons (Fsp3) is 0.0652. The fourth-order valence-electron chi connectivity index (χ4n) is 13.5. The van der Waals surface area contributed by atoms with Gasteiger partial charge >= 0.3 is 20.4 Å². The van der Waals surface area contributed by atoms with E-state index in [0.29, 0.717) is 22.5 Å². The van der Waals surface area contributed by atoms with Crippen LogP contribution in [0.25, 0.3) is 90.9 Å². The van der Waals surface area contributed by atoms with Crippen LogP contribution in [-0.4, -0.2) is 41.5 Å². The third kappa shape index (κ3) is 14.7. The minimum atomic E-state index is -0.185.